The summed E-state index contributed by atoms with van der Waals surface area (Å²) in [7, 11) is -7.11. The Kier molecular flexibility index (Phi) is 3.58. The van der Waals surface area contributed by atoms with Crippen LogP contribution in [-0.2, 0) is 19.9 Å². The highest BCUT2D eigenvalue weighted by atomic mass is 32.2. The molecule has 0 aliphatic carbocycles. The second kappa shape index (κ2) is 4.88. The summed E-state index contributed by atoms with van der Waals surface area (Å²) in [6.45, 7) is 0. The van der Waals surface area contributed by atoms with Crippen LogP contribution in [0.5, 0.6) is 0 Å². The molecule has 0 radical (unpaired) electrons. The minimum absolute atomic E-state index is 0.0294. The molecule has 0 aromatic carbocycles. The highest BCUT2D eigenvalue weighted by Gasteiger charge is 2.32. The van der Waals surface area contributed by atoms with Gasteiger partial charge in [0.05, 0.1) is 11.5 Å². The fraction of sp³-hybridized carbons (Fsp3) is 0.400. The number of nitrogens with zero attached hydrogens (tertiary/aromatic N) is 2. The molecule has 0 spiro atoms. The van der Waals surface area contributed by atoms with Gasteiger partial charge in [-0.15, -0.1) is 0 Å². The van der Waals surface area contributed by atoms with Crippen molar-refractivity contribution in [1.82, 2.24) is 9.71 Å². The lowest BCUT2D eigenvalue weighted by atomic mass is 10.3. The summed E-state index contributed by atoms with van der Waals surface area (Å²) in [6.07, 6.45) is 1.56. The third-order valence-corrected chi connectivity index (χ3v) is 6.04. The number of hydrogen-bond acceptors (Lipinski definition) is 6. The lowest BCUT2D eigenvalue weighted by Crippen LogP contribution is -2.36. The fourth-order valence-corrected chi connectivity index (χ4v) is 5.02. The van der Waals surface area contributed by atoms with E-state index in [9.17, 15) is 16.8 Å². The van der Waals surface area contributed by atoms with E-state index < -0.39 is 25.9 Å². The van der Waals surface area contributed by atoms with Gasteiger partial charge in [0.1, 0.15) is 11.0 Å². The lowest BCUT2D eigenvalue weighted by Gasteiger charge is -2.11. The standard InChI is InChI=1S/C10H11N3O4S2/c11-6-9-10(2-1-4-12-9)19(16,17)13-8-3-5-18(14,15)7-8/h1-2,4,8,13H,3,5,7H2. The minimum atomic E-state index is -3.94. The van der Waals surface area contributed by atoms with Crippen molar-refractivity contribution < 1.29 is 16.8 Å². The van der Waals surface area contributed by atoms with Gasteiger partial charge in [-0.25, -0.2) is 26.5 Å². The maximum Gasteiger partial charge on any atom is 0.243 e. The normalized spacial score (nSPS) is 21.9. The van der Waals surface area contributed by atoms with Gasteiger partial charge >= 0.3 is 0 Å². The minimum Gasteiger partial charge on any atom is -0.244 e. The van der Waals surface area contributed by atoms with Crippen LogP contribution in [0.15, 0.2) is 23.2 Å². The first-order chi connectivity index (χ1) is 8.84. The number of aromatic nitrogens is 1. The zero-order valence-electron chi connectivity index (χ0n) is 9.77. The summed E-state index contributed by atoms with van der Waals surface area (Å²) >= 11 is 0. The molecule has 2 rings (SSSR count). The summed E-state index contributed by atoms with van der Waals surface area (Å²) in [5, 5.41) is 8.83. The first kappa shape index (κ1) is 13.9. The zero-order valence-corrected chi connectivity index (χ0v) is 11.4. The topological polar surface area (TPSA) is 117 Å². The number of hydrogen-bond donors (Lipinski definition) is 1. The summed E-state index contributed by atoms with van der Waals surface area (Å²) in [4.78, 5) is 3.43. The number of nitriles is 1. The van der Waals surface area contributed by atoms with Gasteiger partial charge in [-0.3, -0.25) is 0 Å². The number of nitrogens with one attached hydrogen (secondary N) is 1. The Balaban J connectivity index is 2.27. The Bertz CT molecular complexity index is 734. The summed E-state index contributed by atoms with van der Waals surface area (Å²) < 4.78 is 49.0. The average molecular weight is 301 g/mol. The van der Waals surface area contributed by atoms with E-state index in [1.807, 2.05) is 0 Å². The number of rotatable bonds is 3. The van der Waals surface area contributed by atoms with Crippen LogP contribution in [0.25, 0.3) is 0 Å². The zero-order chi connectivity index (χ0) is 14.1. The van der Waals surface area contributed by atoms with Crippen LogP contribution < -0.4 is 4.72 Å². The van der Waals surface area contributed by atoms with Crippen molar-refractivity contribution in [3.05, 3.63) is 24.0 Å². The van der Waals surface area contributed by atoms with Crippen molar-refractivity contribution in [1.29, 1.82) is 5.26 Å². The van der Waals surface area contributed by atoms with E-state index in [0.717, 1.165) is 0 Å². The maximum absolute atomic E-state index is 12.1. The molecule has 1 N–H and O–H groups in total. The molecule has 1 aliphatic heterocycles. The highest BCUT2D eigenvalue weighted by molar-refractivity contribution is 7.92. The van der Waals surface area contributed by atoms with Crippen LogP contribution in [-0.4, -0.2) is 39.4 Å². The van der Waals surface area contributed by atoms with E-state index in [0.29, 0.717) is 0 Å². The van der Waals surface area contributed by atoms with Gasteiger partial charge in [-0.2, -0.15) is 5.26 Å². The van der Waals surface area contributed by atoms with Crippen LogP contribution >= 0.6 is 0 Å². The van der Waals surface area contributed by atoms with Crippen molar-refractivity contribution in [2.24, 2.45) is 0 Å². The third kappa shape index (κ3) is 3.09. The number of sulfonamides is 1. The molecule has 1 aliphatic rings. The van der Waals surface area contributed by atoms with Crippen LogP contribution in [0.2, 0.25) is 0 Å². The predicted molar refractivity (Wildman–Crippen MR) is 66.3 cm³/mol. The molecule has 1 saturated heterocycles. The van der Waals surface area contributed by atoms with E-state index >= 15 is 0 Å². The van der Waals surface area contributed by atoms with E-state index in [-0.39, 0.29) is 28.5 Å². The lowest BCUT2D eigenvalue weighted by molar-refractivity contribution is 0.561. The molecule has 1 unspecified atom stereocenters. The van der Waals surface area contributed by atoms with E-state index in [1.54, 1.807) is 6.07 Å². The summed E-state index contributed by atoms with van der Waals surface area (Å²) in [5.41, 5.74) is -0.212. The first-order valence-electron chi connectivity index (χ1n) is 5.42. The molecule has 0 bridgehead atoms. The molecule has 2 heterocycles. The van der Waals surface area contributed by atoms with Gasteiger partial charge in [0.2, 0.25) is 10.0 Å². The number of pyridine rings is 1. The Morgan fingerprint density at radius 3 is 2.79 bits per heavy atom. The Morgan fingerprint density at radius 2 is 2.21 bits per heavy atom. The second-order valence-electron chi connectivity index (χ2n) is 4.18. The molecule has 1 aromatic heterocycles. The molecule has 1 atom stereocenters. The van der Waals surface area contributed by atoms with E-state index in [1.165, 1.54) is 18.3 Å². The molecule has 19 heavy (non-hydrogen) atoms. The van der Waals surface area contributed by atoms with Gasteiger partial charge in [-0.1, -0.05) is 0 Å². The van der Waals surface area contributed by atoms with Gasteiger partial charge < -0.3 is 0 Å². The molecule has 7 nitrogen and oxygen atoms in total. The van der Waals surface area contributed by atoms with Crippen molar-refractivity contribution in [2.45, 2.75) is 17.4 Å². The Labute approximate surface area is 111 Å². The van der Waals surface area contributed by atoms with Crippen molar-refractivity contribution in [2.75, 3.05) is 11.5 Å². The number of sulfone groups is 1. The monoisotopic (exact) mass is 301 g/mol. The summed E-state index contributed by atoms with van der Waals surface area (Å²) in [5.74, 6) is -0.243. The first-order valence-corrected chi connectivity index (χ1v) is 8.72. The molecule has 9 heteroatoms. The quantitative estimate of drug-likeness (QED) is 0.798. The van der Waals surface area contributed by atoms with Crippen molar-refractivity contribution >= 4 is 19.9 Å². The van der Waals surface area contributed by atoms with E-state index in [4.69, 9.17) is 5.26 Å². The third-order valence-electron chi connectivity index (χ3n) is 2.72. The predicted octanol–water partition coefficient (Wildman–Crippen LogP) is -0.581. The summed E-state index contributed by atoms with van der Waals surface area (Å²) in [6, 6.07) is 3.71. The van der Waals surface area contributed by atoms with Gasteiger partial charge in [0, 0.05) is 12.2 Å². The van der Waals surface area contributed by atoms with Crippen LogP contribution in [0, 0.1) is 11.3 Å². The van der Waals surface area contributed by atoms with Gasteiger partial charge in [-0.05, 0) is 18.6 Å². The molecule has 1 aromatic rings. The Hall–Kier alpha value is -1.50. The van der Waals surface area contributed by atoms with Gasteiger partial charge in [0.25, 0.3) is 0 Å². The Morgan fingerprint density at radius 1 is 1.47 bits per heavy atom. The molecule has 0 saturated carbocycles. The highest BCUT2D eigenvalue weighted by Crippen LogP contribution is 2.17. The molecular weight excluding hydrogens is 290 g/mol. The fourth-order valence-electron chi connectivity index (χ4n) is 1.86. The molecule has 1 fully saturated rings. The van der Waals surface area contributed by atoms with Crippen LogP contribution in [0.1, 0.15) is 12.1 Å². The average Bonchev–Trinajstić information content (AvgIpc) is 2.67. The maximum atomic E-state index is 12.1. The van der Waals surface area contributed by atoms with Crippen molar-refractivity contribution in [3.8, 4) is 6.07 Å². The smallest absolute Gasteiger partial charge is 0.243 e. The van der Waals surface area contributed by atoms with Crippen LogP contribution in [0.4, 0.5) is 0 Å². The SMILES string of the molecule is N#Cc1ncccc1S(=O)(=O)NC1CCS(=O)(=O)C1. The molecule has 102 valence electrons. The molecular formula is C10H11N3O4S2. The second-order valence-corrected chi connectivity index (χ2v) is 8.09. The molecule has 0 amide bonds. The van der Waals surface area contributed by atoms with Crippen LogP contribution in [0.3, 0.4) is 0 Å². The van der Waals surface area contributed by atoms with E-state index in [2.05, 4.69) is 9.71 Å². The van der Waals surface area contributed by atoms with Gasteiger partial charge in [0.15, 0.2) is 15.5 Å². The largest absolute Gasteiger partial charge is 0.244 e. The van der Waals surface area contributed by atoms with Crippen molar-refractivity contribution in [3.63, 3.8) is 0 Å².